The van der Waals surface area contributed by atoms with E-state index in [1.807, 2.05) is 24.5 Å². The Morgan fingerprint density at radius 1 is 1.09 bits per heavy atom. The van der Waals surface area contributed by atoms with Crippen molar-refractivity contribution < 1.29 is 28.2 Å². The molecule has 0 aliphatic carbocycles. The Bertz CT molecular complexity index is 1140. The average Bonchev–Trinajstić information content (AvgIpc) is 3.09. The summed E-state index contributed by atoms with van der Waals surface area (Å²) >= 11 is 0. The van der Waals surface area contributed by atoms with E-state index >= 15 is 0 Å². The molecule has 1 aromatic heterocycles. The van der Waals surface area contributed by atoms with Crippen LogP contribution in [0.25, 0.3) is 0 Å². The van der Waals surface area contributed by atoms with Crippen LogP contribution in [-0.2, 0) is 22.5 Å². The van der Waals surface area contributed by atoms with Gasteiger partial charge in [0.1, 0.15) is 12.4 Å². The second-order valence-electron chi connectivity index (χ2n) is 7.71. The fraction of sp³-hybridized carbons (Fsp3) is 0.280. The second kappa shape index (κ2) is 9.26. The van der Waals surface area contributed by atoms with Gasteiger partial charge in [-0.1, -0.05) is 24.3 Å². The monoisotopic (exact) mass is 437 g/mol. The molecule has 166 valence electrons. The zero-order valence-corrected chi connectivity index (χ0v) is 18.0. The molecule has 1 atom stereocenters. The Balaban J connectivity index is 1.35. The van der Waals surface area contributed by atoms with E-state index < -0.39 is 12.1 Å². The molecule has 0 fully saturated rings. The fourth-order valence-corrected chi connectivity index (χ4v) is 3.76. The molecule has 2 heterocycles. The molecular weight excluding hydrogens is 413 g/mol. The Kier molecular flexibility index (Phi) is 6.25. The first-order valence-corrected chi connectivity index (χ1v) is 10.4. The number of hydrogen-bond acceptors (Lipinski definition) is 5. The molecule has 32 heavy (non-hydrogen) atoms. The van der Waals surface area contributed by atoms with Crippen molar-refractivity contribution in [1.29, 1.82) is 0 Å². The molecular formula is C25H24FNO5. The van der Waals surface area contributed by atoms with Gasteiger partial charge < -0.3 is 18.8 Å². The van der Waals surface area contributed by atoms with Crippen molar-refractivity contribution in [1.82, 2.24) is 4.57 Å². The number of fused-ring (bicyclic) bond motifs is 1. The minimum Gasteiger partial charge on any atom is -0.485 e. The third kappa shape index (κ3) is 4.66. The SMILES string of the molecule is Cc1cc(C(=O)COC(=O)C2COc3ccccc3O2)c(C)n1CCc1ccc(F)cc1. The van der Waals surface area contributed by atoms with Gasteiger partial charge in [-0.3, -0.25) is 4.79 Å². The summed E-state index contributed by atoms with van der Waals surface area (Å²) in [4.78, 5) is 25.1. The van der Waals surface area contributed by atoms with Gasteiger partial charge >= 0.3 is 5.97 Å². The number of aryl methyl sites for hydroxylation is 2. The largest absolute Gasteiger partial charge is 0.485 e. The molecule has 1 aliphatic rings. The zero-order chi connectivity index (χ0) is 22.7. The summed E-state index contributed by atoms with van der Waals surface area (Å²) in [6, 6.07) is 15.2. The number of carbonyl (C=O) groups excluding carboxylic acids is 2. The van der Waals surface area contributed by atoms with Crippen LogP contribution in [-0.4, -0.2) is 35.6 Å². The van der Waals surface area contributed by atoms with Crippen LogP contribution in [0.3, 0.4) is 0 Å². The van der Waals surface area contributed by atoms with Crippen LogP contribution in [0.15, 0.2) is 54.6 Å². The molecule has 1 aliphatic heterocycles. The topological polar surface area (TPSA) is 66.8 Å². The fourth-order valence-electron chi connectivity index (χ4n) is 3.76. The predicted octanol–water partition coefficient (Wildman–Crippen LogP) is 4.05. The maximum Gasteiger partial charge on any atom is 0.351 e. The van der Waals surface area contributed by atoms with E-state index in [9.17, 15) is 14.0 Å². The van der Waals surface area contributed by atoms with E-state index in [4.69, 9.17) is 14.2 Å². The number of ketones is 1. The predicted molar refractivity (Wildman–Crippen MR) is 116 cm³/mol. The highest BCUT2D eigenvalue weighted by molar-refractivity contribution is 5.99. The molecule has 1 unspecified atom stereocenters. The van der Waals surface area contributed by atoms with Gasteiger partial charge in [-0.25, -0.2) is 9.18 Å². The van der Waals surface area contributed by atoms with Gasteiger partial charge in [0.25, 0.3) is 0 Å². The number of nitrogens with zero attached hydrogens (tertiary/aromatic N) is 1. The number of carbonyl (C=O) groups is 2. The maximum absolute atomic E-state index is 13.1. The number of aromatic nitrogens is 1. The molecule has 4 rings (SSSR count). The molecule has 0 N–H and O–H groups in total. The number of rotatable bonds is 7. The Hall–Kier alpha value is -3.61. The highest BCUT2D eigenvalue weighted by Gasteiger charge is 2.29. The maximum atomic E-state index is 13.1. The van der Waals surface area contributed by atoms with Crippen molar-refractivity contribution in [2.45, 2.75) is 32.9 Å². The molecule has 0 saturated carbocycles. The summed E-state index contributed by atoms with van der Waals surface area (Å²) in [7, 11) is 0. The lowest BCUT2D eigenvalue weighted by Crippen LogP contribution is -2.38. The lowest BCUT2D eigenvalue weighted by Gasteiger charge is -2.24. The normalized spacial score (nSPS) is 14.8. The summed E-state index contributed by atoms with van der Waals surface area (Å²) in [5, 5.41) is 0. The van der Waals surface area contributed by atoms with E-state index in [0.717, 1.165) is 17.0 Å². The third-order valence-corrected chi connectivity index (χ3v) is 5.53. The molecule has 0 amide bonds. The summed E-state index contributed by atoms with van der Waals surface area (Å²) < 4.78 is 31.5. The molecule has 2 aromatic carbocycles. The van der Waals surface area contributed by atoms with E-state index in [-0.39, 0.29) is 24.8 Å². The van der Waals surface area contributed by atoms with Gasteiger partial charge in [0.15, 0.2) is 18.1 Å². The molecule has 0 bridgehead atoms. The summed E-state index contributed by atoms with van der Waals surface area (Å²) in [5.41, 5.74) is 3.26. The highest BCUT2D eigenvalue weighted by atomic mass is 19.1. The Morgan fingerprint density at radius 3 is 2.56 bits per heavy atom. The third-order valence-electron chi connectivity index (χ3n) is 5.53. The van der Waals surface area contributed by atoms with Gasteiger partial charge in [0.05, 0.1) is 0 Å². The first-order valence-electron chi connectivity index (χ1n) is 10.4. The first kappa shape index (κ1) is 21.6. The Morgan fingerprint density at radius 2 is 1.81 bits per heavy atom. The number of halogens is 1. The van der Waals surface area contributed by atoms with Crippen molar-refractivity contribution in [3.05, 3.63) is 82.9 Å². The van der Waals surface area contributed by atoms with Crippen molar-refractivity contribution in [3.63, 3.8) is 0 Å². The quantitative estimate of drug-likeness (QED) is 0.412. The van der Waals surface area contributed by atoms with Crippen molar-refractivity contribution in [3.8, 4) is 11.5 Å². The molecule has 0 saturated heterocycles. The van der Waals surface area contributed by atoms with Crippen LogP contribution in [0.2, 0.25) is 0 Å². The van der Waals surface area contributed by atoms with E-state index in [1.54, 1.807) is 36.4 Å². The lowest BCUT2D eigenvalue weighted by atomic mass is 10.1. The van der Waals surface area contributed by atoms with Gasteiger partial charge in [0, 0.05) is 23.5 Å². The highest BCUT2D eigenvalue weighted by Crippen LogP contribution is 2.31. The van der Waals surface area contributed by atoms with E-state index in [2.05, 4.69) is 0 Å². The minimum absolute atomic E-state index is 0.0297. The number of hydrogen-bond donors (Lipinski definition) is 0. The average molecular weight is 437 g/mol. The van der Waals surface area contributed by atoms with Gasteiger partial charge in [0.2, 0.25) is 11.9 Å². The van der Waals surface area contributed by atoms with Crippen LogP contribution in [0.4, 0.5) is 4.39 Å². The van der Waals surface area contributed by atoms with E-state index in [1.165, 1.54) is 12.1 Å². The Labute approximate surface area is 185 Å². The smallest absolute Gasteiger partial charge is 0.351 e. The number of ether oxygens (including phenoxy) is 3. The van der Waals surface area contributed by atoms with E-state index in [0.29, 0.717) is 30.0 Å². The van der Waals surface area contributed by atoms with Crippen LogP contribution in [0.1, 0.15) is 27.3 Å². The minimum atomic E-state index is -0.916. The molecule has 0 radical (unpaired) electrons. The van der Waals surface area contributed by atoms with Gasteiger partial charge in [-0.05, 0) is 56.2 Å². The zero-order valence-electron chi connectivity index (χ0n) is 18.0. The lowest BCUT2D eigenvalue weighted by molar-refractivity contribution is -0.153. The summed E-state index contributed by atoms with van der Waals surface area (Å²) in [6.45, 7) is 4.10. The standard InChI is InChI=1S/C25H24FNO5/c1-16-13-20(17(2)27(16)12-11-18-7-9-19(26)10-8-18)21(28)14-31-25(29)24-15-30-22-5-3-4-6-23(22)32-24/h3-10,13,24H,11-12,14-15H2,1-2H3. The number of Topliss-reactive ketones (excluding diaryl/α,β-unsaturated/α-hetero) is 1. The van der Waals surface area contributed by atoms with Crippen LogP contribution in [0, 0.1) is 19.7 Å². The van der Waals surface area contributed by atoms with Crippen LogP contribution < -0.4 is 9.47 Å². The number of benzene rings is 2. The van der Waals surface area contributed by atoms with Crippen molar-refractivity contribution in [2.24, 2.45) is 0 Å². The number of para-hydroxylation sites is 2. The second-order valence-corrected chi connectivity index (χ2v) is 7.71. The van der Waals surface area contributed by atoms with Crippen molar-refractivity contribution >= 4 is 11.8 Å². The molecule has 0 spiro atoms. The van der Waals surface area contributed by atoms with Crippen LogP contribution >= 0.6 is 0 Å². The van der Waals surface area contributed by atoms with Crippen molar-refractivity contribution in [2.75, 3.05) is 13.2 Å². The number of esters is 1. The van der Waals surface area contributed by atoms with Gasteiger partial charge in [-0.2, -0.15) is 0 Å². The first-order chi connectivity index (χ1) is 15.4. The summed E-state index contributed by atoms with van der Waals surface area (Å²) in [6.07, 6.45) is -0.208. The summed E-state index contributed by atoms with van der Waals surface area (Å²) in [5.74, 6) is -0.147. The molecule has 3 aromatic rings. The van der Waals surface area contributed by atoms with Crippen LogP contribution in [0.5, 0.6) is 11.5 Å². The molecule has 7 heteroatoms. The molecule has 6 nitrogen and oxygen atoms in total. The van der Waals surface area contributed by atoms with Gasteiger partial charge in [-0.15, -0.1) is 0 Å².